The maximum Gasteiger partial charge on any atom is 0.172 e. The van der Waals surface area contributed by atoms with Gasteiger partial charge in [-0.2, -0.15) is 0 Å². The molecule has 1 heterocycles. The van der Waals surface area contributed by atoms with Crippen molar-refractivity contribution in [1.82, 2.24) is 10.3 Å². The van der Waals surface area contributed by atoms with Crippen LogP contribution in [0.1, 0.15) is 24.1 Å². The van der Waals surface area contributed by atoms with Crippen LogP contribution < -0.4 is 10.1 Å². The smallest absolute Gasteiger partial charge is 0.172 e. The number of ether oxygens (including phenoxy) is 1. The molecule has 5 heteroatoms. The monoisotopic (exact) mass is 336 g/mol. The number of hydrogen-bond donors (Lipinski definition) is 2. The van der Waals surface area contributed by atoms with Crippen LogP contribution in [0.5, 0.6) is 11.5 Å². The van der Waals surface area contributed by atoms with Gasteiger partial charge in [-0.1, -0.05) is 0 Å². The molecule has 0 saturated carbocycles. The summed E-state index contributed by atoms with van der Waals surface area (Å²) < 4.78 is 5.77. The average molecular weight is 337 g/mol. The molecule has 2 aromatic rings. The fourth-order valence-corrected chi connectivity index (χ4v) is 2.42. The van der Waals surface area contributed by atoms with Gasteiger partial charge in [0.2, 0.25) is 0 Å². The van der Waals surface area contributed by atoms with Gasteiger partial charge in [-0.05, 0) is 58.2 Å². The highest BCUT2D eigenvalue weighted by Crippen LogP contribution is 2.35. The second kappa shape index (κ2) is 6.72. The zero-order valence-electron chi connectivity index (χ0n) is 11.4. The fourth-order valence-electron chi connectivity index (χ4n) is 1.93. The Morgan fingerprint density at radius 3 is 2.70 bits per heavy atom. The molecule has 0 aliphatic heterocycles. The first-order valence-electron chi connectivity index (χ1n) is 6.30. The molecule has 20 heavy (non-hydrogen) atoms. The Kier molecular flexibility index (Phi) is 4.98. The van der Waals surface area contributed by atoms with Crippen molar-refractivity contribution in [3.63, 3.8) is 0 Å². The third-order valence-electron chi connectivity index (χ3n) is 3.13. The molecule has 0 radical (unpaired) electrons. The van der Waals surface area contributed by atoms with Crippen molar-refractivity contribution in [3.8, 4) is 11.5 Å². The first-order valence-corrected chi connectivity index (χ1v) is 7.09. The molecule has 1 aromatic carbocycles. The maximum absolute atomic E-state index is 9.78. The highest BCUT2D eigenvalue weighted by Gasteiger charge is 2.10. The topological polar surface area (TPSA) is 54.4 Å². The van der Waals surface area contributed by atoms with Crippen LogP contribution in [-0.2, 0) is 6.54 Å². The molecular weight excluding hydrogens is 320 g/mol. The van der Waals surface area contributed by atoms with E-state index in [1.165, 1.54) is 12.7 Å². The van der Waals surface area contributed by atoms with E-state index in [-0.39, 0.29) is 11.8 Å². The molecule has 0 saturated heterocycles. The SMILES string of the molecule is COc1cc(CN[C@H](C)c2ccncc2)cc(Br)c1O. The van der Waals surface area contributed by atoms with Crippen LogP contribution in [0.15, 0.2) is 41.1 Å². The van der Waals surface area contributed by atoms with E-state index in [0.29, 0.717) is 16.8 Å². The van der Waals surface area contributed by atoms with Crippen LogP contribution >= 0.6 is 15.9 Å². The first-order chi connectivity index (χ1) is 9.61. The largest absolute Gasteiger partial charge is 0.503 e. The minimum atomic E-state index is 0.124. The third kappa shape index (κ3) is 3.49. The van der Waals surface area contributed by atoms with Gasteiger partial charge in [0.25, 0.3) is 0 Å². The van der Waals surface area contributed by atoms with E-state index in [4.69, 9.17) is 4.74 Å². The second-order valence-corrected chi connectivity index (χ2v) is 5.37. The quantitative estimate of drug-likeness (QED) is 0.878. The summed E-state index contributed by atoms with van der Waals surface area (Å²) in [6.45, 7) is 2.78. The van der Waals surface area contributed by atoms with Crippen molar-refractivity contribution in [2.45, 2.75) is 19.5 Å². The van der Waals surface area contributed by atoms with E-state index in [1.54, 1.807) is 12.4 Å². The van der Waals surface area contributed by atoms with Crippen molar-refractivity contribution in [2.75, 3.05) is 7.11 Å². The van der Waals surface area contributed by atoms with Crippen LogP contribution in [0.25, 0.3) is 0 Å². The van der Waals surface area contributed by atoms with Crippen LogP contribution in [0, 0.1) is 0 Å². The molecule has 0 spiro atoms. The number of aromatic hydroxyl groups is 1. The highest BCUT2D eigenvalue weighted by molar-refractivity contribution is 9.10. The number of aromatic nitrogens is 1. The highest BCUT2D eigenvalue weighted by atomic mass is 79.9. The number of nitrogens with zero attached hydrogens (tertiary/aromatic N) is 1. The second-order valence-electron chi connectivity index (χ2n) is 4.51. The van der Waals surface area contributed by atoms with Crippen molar-refractivity contribution >= 4 is 15.9 Å². The predicted octanol–water partition coefficient (Wildman–Crippen LogP) is 3.41. The van der Waals surface area contributed by atoms with E-state index in [2.05, 4.69) is 33.2 Å². The van der Waals surface area contributed by atoms with Crippen molar-refractivity contribution in [2.24, 2.45) is 0 Å². The van der Waals surface area contributed by atoms with Crippen molar-refractivity contribution in [1.29, 1.82) is 0 Å². The van der Waals surface area contributed by atoms with Gasteiger partial charge in [-0.15, -0.1) is 0 Å². The van der Waals surface area contributed by atoms with Gasteiger partial charge in [0.15, 0.2) is 11.5 Å². The van der Waals surface area contributed by atoms with Gasteiger partial charge < -0.3 is 15.2 Å². The van der Waals surface area contributed by atoms with E-state index in [0.717, 1.165) is 5.56 Å². The molecule has 4 nitrogen and oxygen atoms in total. The summed E-state index contributed by atoms with van der Waals surface area (Å²) >= 11 is 3.32. The van der Waals surface area contributed by atoms with E-state index < -0.39 is 0 Å². The molecule has 0 aliphatic carbocycles. The number of phenols is 1. The number of phenolic OH excluding ortho intramolecular Hbond substituents is 1. The Morgan fingerprint density at radius 2 is 2.05 bits per heavy atom. The predicted molar refractivity (Wildman–Crippen MR) is 81.9 cm³/mol. The molecule has 2 N–H and O–H groups in total. The zero-order chi connectivity index (χ0) is 14.5. The first kappa shape index (κ1) is 14.8. The maximum atomic E-state index is 9.78. The van der Waals surface area contributed by atoms with Crippen LogP contribution in [0.4, 0.5) is 0 Å². The van der Waals surface area contributed by atoms with Crippen molar-refractivity contribution in [3.05, 3.63) is 52.3 Å². The number of methoxy groups -OCH3 is 1. The molecule has 0 fully saturated rings. The summed E-state index contributed by atoms with van der Waals surface area (Å²) in [6, 6.07) is 7.91. The molecule has 2 rings (SSSR count). The van der Waals surface area contributed by atoms with Crippen molar-refractivity contribution < 1.29 is 9.84 Å². The summed E-state index contributed by atoms with van der Waals surface area (Å²) in [5.41, 5.74) is 2.22. The Hall–Kier alpha value is -1.59. The van der Waals surface area contributed by atoms with E-state index >= 15 is 0 Å². The Balaban J connectivity index is 2.06. The number of benzene rings is 1. The molecule has 0 aliphatic rings. The molecule has 1 atom stereocenters. The molecule has 0 amide bonds. The average Bonchev–Trinajstić information content (AvgIpc) is 2.48. The normalized spacial score (nSPS) is 12.2. The lowest BCUT2D eigenvalue weighted by atomic mass is 10.1. The molecule has 1 aromatic heterocycles. The van der Waals surface area contributed by atoms with Gasteiger partial charge in [-0.3, -0.25) is 4.98 Å². The summed E-state index contributed by atoms with van der Waals surface area (Å²) in [4.78, 5) is 4.01. The van der Waals surface area contributed by atoms with Crippen LogP contribution in [-0.4, -0.2) is 17.2 Å². The molecule has 106 valence electrons. The van der Waals surface area contributed by atoms with Gasteiger partial charge in [-0.25, -0.2) is 0 Å². The fraction of sp³-hybridized carbons (Fsp3) is 0.267. The van der Waals surface area contributed by atoms with Gasteiger partial charge >= 0.3 is 0 Å². The lowest BCUT2D eigenvalue weighted by Crippen LogP contribution is -2.18. The summed E-state index contributed by atoms with van der Waals surface area (Å²) in [5, 5.41) is 13.2. The molecule has 0 unspecified atom stereocenters. The van der Waals surface area contributed by atoms with Crippen LogP contribution in [0.2, 0.25) is 0 Å². The van der Waals surface area contributed by atoms with Crippen LogP contribution in [0.3, 0.4) is 0 Å². The van der Waals surface area contributed by atoms with Gasteiger partial charge in [0.05, 0.1) is 11.6 Å². The summed E-state index contributed by atoms with van der Waals surface area (Å²) in [6.07, 6.45) is 3.57. The summed E-state index contributed by atoms with van der Waals surface area (Å²) in [5.74, 6) is 0.589. The number of nitrogens with one attached hydrogen (secondary N) is 1. The minimum absolute atomic E-state index is 0.124. The Morgan fingerprint density at radius 1 is 1.35 bits per heavy atom. The van der Waals surface area contributed by atoms with E-state index in [1.807, 2.05) is 24.3 Å². The minimum Gasteiger partial charge on any atom is -0.503 e. The Bertz CT molecular complexity index is 576. The number of rotatable bonds is 5. The van der Waals surface area contributed by atoms with E-state index in [9.17, 15) is 5.11 Å². The molecular formula is C15H17BrN2O2. The van der Waals surface area contributed by atoms with Gasteiger partial charge in [0, 0.05) is 25.0 Å². The number of hydrogen-bond acceptors (Lipinski definition) is 4. The number of pyridine rings is 1. The van der Waals surface area contributed by atoms with Gasteiger partial charge in [0.1, 0.15) is 0 Å². The summed E-state index contributed by atoms with van der Waals surface area (Å²) in [7, 11) is 1.54. The lowest BCUT2D eigenvalue weighted by Gasteiger charge is -2.15. The zero-order valence-corrected chi connectivity index (χ0v) is 13.0. The lowest BCUT2D eigenvalue weighted by molar-refractivity contribution is 0.371. The standard InChI is InChI=1S/C15H17BrN2O2/c1-10(12-3-5-17-6-4-12)18-9-11-7-13(16)15(19)14(8-11)20-2/h3-8,10,18-19H,9H2,1-2H3/t10-/m1/s1. The number of halogens is 1. The third-order valence-corrected chi connectivity index (χ3v) is 3.73. The Labute approximate surface area is 126 Å². The molecule has 0 bridgehead atoms.